The molecule has 0 aromatic carbocycles. The SMILES string of the molecule is CC(C)C(C)N(C)C1CCC(NC2CC2)(C(N)=O)C1. The lowest BCUT2D eigenvalue weighted by molar-refractivity contribution is -0.124. The maximum Gasteiger partial charge on any atom is 0.237 e. The predicted octanol–water partition coefficient (Wildman–Crippen LogP) is 1.49. The Hall–Kier alpha value is -0.610. The molecule has 0 saturated heterocycles. The van der Waals surface area contributed by atoms with Gasteiger partial charge in [0.05, 0.1) is 5.54 Å². The molecule has 1 amide bonds. The number of rotatable bonds is 6. The summed E-state index contributed by atoms with van der Waals surface area (Å²) in [7, 11) is 2.18. The summed E-state index contributed by atoms with van der Waals surface area (Å²) in [6.07, 6.45) is 5.21. The van der Waals surface area contributed by atoms with Crippen molar-refractivity contribution >= 4 is 5.91 Å². The first-order valence-electron chi connectivity index (χ1n) is 7.65. The van der Waals surface area contributed by atoms with Crippen LogP contribution in [0.2, 0.25) is 0 Å². The second-order valence-electron chi connectivity index (χ2n) is 6.91. The minimum atomic E-state index is -0.448. The Morgan fingerprint density at radius 1 is 1.32 bits per heavy atom. The second-order valence-corrected chi connectivity index (χ2v) is 6.91. The van der Waals surface area contributed by atoms with E-state index in [0.29, 0.717) is 24.0 Å². The minimum absolute atomic E-state index is 0.160. The van der Waals surface area contributed by atoms with E-state index in [9.17, 15) is 4.79 Å². The first-order valence-corrected chi connectivity index (χ1v) is 7.65. The highest BCUT2D eigenvalue weighted by molar-refractivity contribution is 5.85. The third kappa shape index (κ3) is 3.11. The van der Waals surface area contributed by atoms with Crippen LogP contribution in [0.5, 0.6) is 0 Å². The third-order valence-electron chi connectivity index (χ3n) is 5.20. The highest BCUT2D eigenvalue weighted by Crippen LogP contribution is 2.36. The van der Waals surface area contributed by atoms with E-state index in [1.165, 1.54) is 12.8 Å². The molecule has 2 aliphatic rings. The second kappa shape index (κ2) is 5.41. The summed E-state index contributed by atoms with van der Waals surface area (Å²) < 4.78 is 0. The normalized spacial score (nSPS) is 33.1. The van der Waals surface area contributed by atoms with Crippen LogP contribution in [0, 0.1) is 5.92 Å². The van der Waals surface area contributed by atoms with E-state index in [-0.39, 0.29) is 5.91 Å². The lowest BCUT2D eigenvalue weighted by Gasteiger charge is -2.34. The van der Waals surface area contributed by atoms with Gasteiger partial charge in [-0.05, 0) is 52.0 Å². The van der Waals surface area contributed by atoms with E-state index in [1.54, 1.807) is 0 Å². The van der Waals surface area contributed by atoms with Gasteiger partial charge < -0.3 is 16.0 Å². The van der Waals surface area contributed by atoms with Crippen LogP contribution in [-0.4, -0.2) is 41.5 Å². The average Bonchev–Trinajstić information content (AvgIpc) is 3.04. The zero-order chi connectivity index (χ0) is 14.2. The number of hydrogen-bond acceptors (Lipinski definition) is 3. The summed E-state index contributed by atoms with van der Waals surface area (Å²) in [5, 5.41) is 3.52. The quantitative estimate of drug-likeness (QED) is 0.766. The summed E-state index contributed by atoms with van der Waals surface area (Å²) in [6.45, 7) is 6.77. The molecule has 0 aliphatic heterocycles. The molecule has 0 aromatic heterocycles. The van der Waals surface area contributed by atoms with Gasteiger partial charge >= 0.3 is 0 Å². The Balaban J connectivity index is 2.01. The lowest BCUT2D eigenvalue weighted by Crippen LogP contribution is -2.55. The number of amides is 1. The molecular formula is C15H29N3O. The highest BCUT2D eigenvalue weighted by Gasteiger charge is 2.48. The molecule has 3 atom stereocenters. The molecule has 2 aliphatic carbocycles. The van der Waals surface area contributed by atoms with Crippen molar-refractivity contribution in [1.29, 1.82) is 0 Å². The standard InChI is InChI=1S/C15H29N3O/c1-10(2)11(3)18(4)13-7-8-15(9-13,14(16)19)17-12-5-6-12/h10-13,17H,5-9H2,1-4H3,(H2,16,19). The van der Waals surface area contributed by atoms with Crippen LogP contribution in [0.4, 0.5) is 0 Å². The number of carbonyl (C=O) groups is 1. The van der Waals surface area contributed by atoms with E-state index >= 15 is 0 Å². The summed E-state index contributed by atoms with van der Waals surface area (Å²) in [4.78, 5) is 14.3. The van der Waals surface area contributed by atoms with Gasteiger partial charge in [-0.25, -0.2) is 0 Å². The van der Waals surface area contributed by atoms with Crippen LogP contribution in [0.15, 0.2) is 0 Å². The molecule has 0 spiro atoms. The highest BCUT2D eigenvalue weighted by atomic mass is 16.1. The first kappa shape index (κ1) is 14.8. The molecule has 2 rings (SSSR count). The predicted molar refractivity (Wildman–Crippen MR) is 77.8 cm³/mol. The van der Waals surface area contributed by atoms with Crippen LogP contribution >= 0.6 is 0 Å². The number of nitrogens with two attached hydrogens (primary N) is 1. The van der Waals surface area contributed by atoms with Gasteiger partial charge in [-0.1, -0.05) is 13.8 Å². The molecule has 2 fully saturated rings. The minimum Gasteiger partial charge on any atom is -0.368 e. The van der Waals surface area contributed by atoms with Crippen LogP contribution in [-0.2, 0) is 4.79 Å². The molecule has 3 unspecified atom stereocenters. The van der Waals surface area contributed by atoms with Gasteiger partial charge in [-0.15, -0.1) is 0 Å². The monoisotopic (exact) mass is 267 g/mol. The Morgan fingerprint density at radius 3 is 2.42 bits per heavy atom. The molecular weight excluding hydrogens is 238 g/mol. The van der Waals surface area contributed by atoms with Crippen molar-refractivity contribution in [2.24, 2.45) is 11.7 Å². The van der Waals surface area contributed by atoms with Crippen LogP contribution < -0.4 is 11.1 Å². The number of primary amides is 1. The van der Waals surface area contributed by atoms with Gasteiger partial charge in [0.25, 0.3) is 0 Å². The van der Waals surface area contributed by atoms with E-state index in [1.807, 2.05) is 0 Å². The lowest BCUT2D eigenvalue weighted by atomic mass is 9.95. The van der Waals surface area contributed by atoms with E-state index < -0.39 is 5.54 Å². The fraction of sp³-hybridized carbons (Fsp3) is 0.933. The van der Waals surface area contributed by atoms with Crippen LogP contribution in [0.25, 0.3) is 0 Å². The van der Waals surface area contributed by atoms with E-state index in [2.05, 4.69) is 38.0 Å². The van der Waals surface area contributed by atoms with Crippen molar-refractivity contribution in [3.05, 3.63) is 0 Å². The maximum atomic E-state index is 11.9. The van der Waals surface area contributed by atoms with Gasteiger partial charge in [-0.3, -0.25) is 4.79 Å². The van der Waals surface area contributed by atoms with Crippen molar-refractivity contribution in [3.8, 4) is 0 Å². The number of nitrogens with zero attached hydrogens (tertiary/aromatic N) is 1. The van der Waals surface area contributed by atoms with Gasteiger partial charge in [0.15, 0.2) is 0 Å². The number of carbonyl (C=O) groups excluding carboxylic acids is 1. The molecule has 0 radical (unpaired) electrons. The summed E-state index contributed by atoms with van der Waals surface area (Å²) in [5.41, 5.74) is 5.24. The Kier molecular flexibility index (Phi) is 4.21. The molecule has 3 N–H and O–H groups in total. The Morgan fingerprint density at radius 2 is 1.95 bits per heavy atom. The number of nitrogens with one attached hydrogen (secondary N) is 1. The van der Waals surface area contributed by atoms with Crippen molar-refractivity contribution in [2.75, 3.05) is 7.05 Å². The Labute approximate surface area is 117 Å². The first-order chi connectivity index (χ1) is 8.85. The molecule has 4 heteroatoms. The molecule has 0 aromatic rings. The molecule has 0 bridgehead atoms. The van der Waals surface area contributed by atoms with Gasteiger partial charge in [0.1, 0.15) is 0 Å². The maximum absolute atomic E-state index is 11.9. The van der Waals surface area contributed by atoms with E-state index in [0.717, 1.165) is 19.3 Å². The zero-order valence-corrected chi connectivity index (χ0v) is 12.8. The number of hydrogen-bond donors (Lipinski definition) is 2. The van der Waals surface area contributed by atoms with E-state index in [4.69, 9.17) is 5.73 Å². The molecule has 110 valence electrons. The van der Waals surface area contributed by atoms with Gasteiger partial charge in [0, 0.05) is 18.1 Å². The largest absolute Gasteiger partial charge is 0.368 e. The fourth-order valence-corrected chi connectivity index (χ4v) is 3.21. The summed E-state index contributed by atoms with van der Waals surface area (Å²) in [6, 6.07) is 1.53. The van der Waals surface area contributed by atoms with Crippen molar-refractivity contribution in [3.63, 3.8) is 0 Å². The van der Waals surface area contributed by atoms with Crippen molar-refractivity contribution in [1.82, 2.24) is 10.2 Å². The van der Waals surface area contributed by atoms with Gasteiger partial charge in [-0.2, -0.15) is 0 Å². The molecule has 4 nitrogen and oxygen atoms in total. The van der Waals surface area contributed by atoms with Crippen LogP contribution in [0.3, 0.4) is 0 Å². The smallest absolute Gasteiger partial charge is 0.237 e. The fourth-order valence-electron chi connectivity index (χ4n) is 3.21. The summed E-state index contributed by atoms with van der Waals surface area (Å²) >= 11 is 0. The van der Waals surface area contributed by atoms with Crippen molar-refractivity contribution < 1.29 is 4.79 Å². The average molecular weight is 267 g/mol. The molecule has 0 heterocycles. The topological polar surface area (TPSA) is 58.4 Å². The summed E-state index contributed by atoms with van der Waals surface area (Å²) in [5.74, 6) is 0.470. The van der Waals surface area contributed by atoms with Crippen molar-refractivity contribution in [2.45, 2.75) is 76.5 Å². The third-order valence-corrected chi connectivity index (χ3v) is 5.20. The molecule has 2 saturated carbocycles. The zero-order valence-electron chi connectivity index (χ0n) is 12.8. The van der Waals surface area contributed by atoms with Crippen LogP contribution in [0.1, 0.15) is 52.9 Å². The van der Waals surface area contributed by atoms with Gasteiger partial charge in [0.2, 0.25) is 5.91 Å². The molecule has 19 heavy (non-hydrogen) atoms. The Bertz CT molecular complexity index is 340.